The predicted molar refractivity (Wildman–Crippen MR) is 111 cm³/mol. The summed E-state index contributed by atoms with van der Waals surface area (Å²) in [5.74, 6) is -3.28. The number of hydrogen-bond donors (Lipinski definition) is 0. The molecule has 1 aliphatic rings. The zero-order valence-corrected chi connectivity index (χ0v) is 19.8. The largest absolute Gasteiger partial charge is 4.00 e. The first-order valence-electron chi connectivity index (χ1n) is 8.64. The van der Waals surface area contributed by atoms with Crippen molar-refractivity contribution in [2.75, 3.05) is 0 Å². The number of rotatable bonds is 0. The van der Waals surface area contributed by atoms with Crippen molar-refractivity contribution in [3.8, 4) is 0 Å². The summed E-state index contributed by atoms with van der Waals surface area (Å²) < 4.78 is 0. The van der Waals surface area contributed by atoms with Crippen LogP contribution in [0.4, 0.5) is 11.4 Å². The van der Waals surface area contributed by atoms with Crippen LogP contribution >= 0.6 is 23.2 Å². The molecule has 0 saturated heterocycles. The Kier molecular flexibility index (Phi) is 7.65. The Balaban J connectivity index is 0.00000450. The molecule has 1 aromatic carbocycles. The van der Waals surface area contributed by atoms with Crippen molar-refractivity contribution in [3.63, 3.8) is 0 Å². The van der Waals surface area contributed by atoms with Crippen LogP contribution in [-0.4, -0.2) is 34.7 Å². The summed E-state index contributed by atoms with van der Waals surface area (Å²) in [4.78, 5) is 50.8. The maximum absolute atomic E-state index is 12.7. The minimum absolute atomic E-state index is 0. The number of benzene rings is 1. The quantitative estimate of drug-likeness (QED) is 0.351. The Morgan fingerprint density at radius 3 is 1.23 bits per heavy atom. The second-order valence-corrected chi connectivity index (χ2v) is 8.98. The molecule has 0 saturated carbocycles. The van der Waals surface area contributed by atoms with Crippen LogP contribution in [0.5, 0.6) is 0 Å². The van der Waals surface area contributed by atoms with E-state index in [1.54, 1.807) is 0 Å². The predicted octanol–water partition coefficient (Wildman–Crippen LogP) is 5.45. The molecule has 2 rings (SSSR count). The molecular formula is C19H20Cl2FeN4O4. The van der Waals surface area contributed by atoms with Crippen molar-refractivity contribution >= 4 is 58.2 Å². The number of fused-ring (bicyclic) bond motifs is 1. The van der Waals surface area contributed by atoms with Crippen LogP contribution in [0, 0.1) is 5.41 Å². The van der Waals surface area contributed by atoms with Crippen LogP contribution in [0.3, 0.4) is 0 Å². The van der Waals surface area contributed by atoms with Gasteiger partial charge in [-0.3, -0.25) is 0 Å². The summed E-state index contributed by atoms with van der Waals surface area (Å²) >= 11 is 12.0. The van der Waals surface area contributed by atoms with Crippen molar-refractivity contribution < 1.29 is 36.2 Å². The van der Waals surface area contributed by atoms with Crippen molar-refractivity contribution in [2.45, 2.75) is 52.6 Å². The fourth-order valence-electron chi connectivity index (χ4n) is 2.17. The van der Waals surface area contributed by atoms with Gasteiger partial charge in [-0.1, -0.05) is 74.1 Å². The molecular weight excluding hydrogens is 475 g/mol. The molecule has 0 bridgehead atoms. The molecule has 0 N–H and O–H groups in total. The number of carbonyl (C=O) groups excluding carboxylic acids is 4. The molecule has 1 aliphatic heterocycles. The Morgan fingerprint density at radius 1 is 0.633 bits per heavy atom. The molecule has 8 nitrogen and oxygen atoms in total. The fourth-order valence-corrected chi connectivity index (χ4v) is 2.49. The molecule has 11 heteroatoms. The number of amides is 4. The molecule has 0 radical (unpaired) electrons. The van der Waals surface area contributed by atoms with Crippen molar-refractivity contribution in [3.05, 3.63) is 43.4 Å². The molecule has 4 amide bonds. The van der Waals surface area contributed by atoms with Gasteiger partial charge in [0.1, 0.15) is 0 Å². The molecule has 1 aromatic rings. The van der Waals surface area contributed by atoms with Crippen LogP contribution in [0.2, 0.25) is 10.0 Å². The molecule has 1 heterocycles. The fraction of sp³-hybridized carbons (Fsp3) is 0.474. The average molecular weight is 495 g/mol. The van der Waals surface area contributed by atoms with E-state index in [1.165, 1.54) is 53.7 Å². The summed E-state index contributed by atoms with van der Waals surface area (Å²) in [6, 6.07) is 2.56. The maximum atomic E-state index is 12.7. The van der Waals surface area contributed by atoms with Gasteiger partial charge in [0, 0.05) is 17.2 Å². The smallest absolute Gasteiger partial charge is 0.643 e. The van der Waals surface area contributed by atoms with Gasteiger partial charge in [-0.2, -0.15) is 0 Å². The molecule has 162 valence electrons. The first-order chi connectivity index (χ1) is 13.1. The summed E-state index contributed by atoms with van der Waals surface area (Å²) in [7, 11) is 0. The minimum atomic E-state index is -1.68. The molecule has 0 fully saturated rings. The van der Waals surface area contributed by atoms with Crippen molar-refractivity contribution in [1.82, 2.24) is 0 Å². The van der Waals surface area contributed by atoms with E-state index >= 15 is 0 Å². The van der Waals surface area contributed by atoms with Gasteiger partial charge in [-0.05, 0) is 13.8 Å². The zero-order valence-electron chi connectivity index (χ0n) is 17.2. The topological polar surface area (TPSA) is 125 Å². The van der Waals surface area contributed by atoms with Crippen LogP contribution in [0.15, 0.2) is 12.1 Å². The van der Waals surface area contributed by atoms with Gasteiger partial charge in [0.15, 0.2) is 0 Å². The summed E-state index contributed by atoms with van der Waals surface area (Å²) in [6.07, 6.45) is 0. The molecule has 0 spiro atoms. The number of nitrogens with zero attached hydrogens (tertiary/aromatic N) is 4. The van der Waals surface area contributed by atoms with Crippen LogP contribution in [0.25, 0.3) is 21.3 Å². The van der Waals surface area contributed by atoms with E-state index in [0.717, 1.165) is 0 Å². The van der Waals surface area contributed by atoms with E-state index in [1.807, 2.05) is 0 Å². The summed E-state index contributed by atoms with van der Waals surface area (Å²) in [5.41, 5.74) is -4.87. The second kappa shape index (κ2) is 8.75. The first kappa shape index (κ1) is 26.2. The zero-order chi connectivity index (χ0) is 22.4. The maximum Gasteiger partial charge on any atom is 4.00 e. The van der Waals surface area contributed by atoms with Crippen LogP contribution < -0.4 is 0 Å². The Labute approximate surface area is 195 Å². The van der Waals surface area contributed by atoms with Gasteiger partial charge in [0.25, 0.3) is 0 Å². The van der Waals surface area contributed by atoms with Crippen molar-refractivity contribution in [2.24, 2.45) is 5.41 Å². The first-order valence-corrected chi connectivity index (χ1v) is 9.39. The Bertz CT molecular complexity index is 845. The van der Waals surface area contributed by atoms with E-state index in [2.05, 4.69) is 21.3 Å². The molecule has 30 heavy (non-hydrogen) atoms. The number of hydrogen-bond acceptors (Lipinski definition) is 4. The van der Waals surface area contributed by atoms with Gasteiger partial charge < -0.3 is 40.4 Å². The van der Waals surface area contributed by atoms with E-state index in [4.69, 9.17) is 23.2 Å². The molecule has 0 unspecified atom stereocenters. The standard InChI is InChI=1S/C19H24Cl2N4O4.Fe/c1-17(2)13(26)24-18(3,4)15(28)22-11-7-9(20)10(21)8-12(11)23-16(29)19(5,6)25-14(17)27;/h7-8H,1-6H3,(H4,22,23,24,25,26,27,28,29);/q;+4/p-4. The average Bonchev–Trinajstić information content (AvgIpc) is 2.57. The number of halogens is 2. The molecule has 0 aliphatic carbocycles. The van der Waals surface area contributed by atoms with E-state index in [-0.39, 0.29) is 38.5 Å². The van der Waals surface area contributed by atoms with Gasteiger partial charge in [-0.15, -0.1) is 11.4 Å². The third-order valence-corrected chi connectivity index (χ3v) is 5.06. The molecule has 0 aromatic heterocycles. The van der Waals surface area contributed by atoms with Crippen LogP contribution in [-0.2, 0) is 36.2 Å². The second-order valence-electron chi connectivity index (χ2n) is 8.17. The Morgan fingerprint density at radius 2 is 0.933 bits per heavy atom. The third kappa shape index (κ3) is 5.27. The minimum Gasteiger partial charge on any atom is -0.643 e. The van der Waals surface area contributed by atoms with E-state index in [0.29, 0.717) is 0 Å². The summed E-state index contributed by atoms with van der Waals surface area (Å²) in [6.45, 7) is 8.20. The normalized spacial score (nSPS) is 20.5. The Hall–Kier alpha value is -1.80. The van der Waals surface area contributed by atoms with Gasteiger partial charge >= 0.3 is 17.1 Å². The monoisotopic (exact) mass is 494 g/mol. The molecule has 0 atom stereocenters. The van der Waals surface area contributed by atoms with E-state index < -0.39 is 40.1 Å². The van der Waals surface area contributed by atoms with Crippen LogP contribution in [0.1, 0.15) is 41.5 Å². The van der Waals surface area contributed by atoms with Gasteiger partial charge in [-0.25, -0.2) is 0 Å². The van der Waals surface area contributed by atoms with Gasteiger partial charge in [0.2, 0.25) is 0 Å². The SMILES string of the molecule is CC1(C)[N-]C(=O)C(C)(C)C(=O)[N-]C(C)(C)C(=O)[N-]c2cc(Cl)c(Cl)cc2[N-]C1=O.[Fe+4]. The third-order valence-electron chi connectivity index (χ3n) is 4.34. The van der Waals surface area contributed by atoms with Gasteiger partial charge in [0.05, 0.1) is 21.9 Å². The summed E-state index contributed by atoms with van der Waals surface area (Å²) in [5, 5.41) is 15.9. The van der Waals surface area contributed by atoms with Crippen molar-refractivity contribution in [1.29, 1.82) is 0 Å². The van der Waals surface area contributed by atoms with E-state index in [9.17, 15) is 19.2 Å². The number of carbonyl (C=O) groups is 4.